The van der Waals surface area contributed by atoms with Crippen LogP contribution < -0.4 is 0 Å². The van der Waals surface area contributed by atoms with E-state index in [0.717, 1.165) is 17.7 Å². The van der Waals surface area contributed by atoms with Crippen LogP contribution in [0.5, 0.6) is 0 Å². The normalized spacial score (nSPS) is 23.6. The Bertz CT molecular complexity index is 336. The monoisotopic (exact) mass is 205 g/mol. The minimum absolute atomic E-state index is 0.144. The van der Waals surface area contributed by atoms with E-state index in [1.165, 1.54) is 0 Å². The summed E-state index contributed by atoms with van der Waals surface area (Å²) in [7, 11) is 1.84. The van der Waals surface area contributed by atoms with Crippen LogP contribution in [0.3, 0.4) is 0 Å². The van der Waals surface area contributed by atoms with Crippen LogP contribution in [0, 0.1) is 5.92 Å². The van der Waals surface area contributed by atoms with Gasteiger partial charge in [0, 0.05) is 19.2 Å². The number of hydrogen-bond acceptors (Lipinski definition) is 1. The van der Waals surface area contributed by atoms with E-state index in [0.29, 0.717) is 5.92 Å². The molecule has 1 unspecified atom stereocenters. The van der Waals surface area contributed by atoms with E-state index in [-0.39, 0.29) is 5.91 Å². The van der Waals surface area contributed by atoms with Crippen molar-refractivity contribution in [3.8, 4) is 0 Å². The van der Waals surface area contributed by atoms with Crippen LogP contribution in [-0.2, 0) is 4.79 Å². The molecule has 0 aromatic carbocycles. The molecule has 0 aromatic rings. The molecule has 2 heteroatoms. The summed E-state index contributed by atoms with van der Waals surface area (Å²) in [5.74, 6) is 0.578. The summed E-state index contributed by atoms with van der Waals surface area (Å²) >= 11 is 0. The molecule has 0 aromatic heterocycles. The molecule has 0 saturated heterocycles. The second kappa shape index (κ2) is 4.96. The summed E-state index contributed by atoms with van der Waals surface area (Å²) in [6.45, 7) is 6.87. The Labute approximate surface area is 92.0 Å². The average Bonchev–Trinajstić information content (AvgIpc) is 2.41. The van der Waals surface area contributed by atoms with Gasteiger partial charge >= 0.3 is 0 Å². The molecule has 0 spiro atoms. The van der Waals surface area contributed by atoms with Gasteiger partial charge in [0.25, 0.3) is 5.91 Å². The number of likely N-dealkylation sites (N-methyl/N-ethyl adjacent to an activating group) is 1. The van der Waals surface area contributed by atoms with E-state index in [9.17, 15) is 4.79 Å². The zero-order chi connectivity index (χ0) is 11.4. The Morgan fingerprint density at radius 2 is 1.87 bits per heavy atom. The Hall–Kier alpha value is -1.31. The van der Waals surface area contributed by atoms with Gasteiger partial charge in [-0.25, -0.2) is 0 Å². The molecule has 2 rings (SSSR count). The van der Waals surface area contributed by atoms with Crippen molar-refractivity contribution in [1.29, 1.82) is 0 Å². The highest BCUT2D eigenvalue weighted by molar-refractivity contribution is 6.00. The molecule has 82 valence electrons. The summed E-state index contributed by atoms with van der Waals surface area (Å²) in [5, 5.41) is 0. The zero-order valence-electron chi connectivity index (χ0n) is 9.95. The summed E-state index contributed by atoms with van der Waals surface area (Å²) in [6.07, 6.45) is 8.22. The van der Waals surface area contributed by atoms with Crippen molar-refractivity contribution in [2.24, 2.45) is 5.92 Å². The van der Waals surface area contributed by atoms with Gasteiger partial charge in [0.15, 0.2) is 0 Å². The van der Waals surface area contributed by atoms with Gasteiger partial charge in [0.2, 0.25) is 0 Å². The molecule has 1 amide bonds. The van der Waals surface area contributed by atoms with Gasteiger partial charge in [-0.1, -0.05) is 45.1 Å². The minimum Gasteiger partial charge on any atom is -0.337 e. The minimum atomic E-state index is 0.144. The Morgan fingerprint density at radius 3 is 2.53 bits per heavy atom. The Kier molecular flexibility index (Phi) is 3.89. The zero-order valence-corrected chi connectivity index (χ0v) is 9.95. The van der Waals surface area contributed by atoms with Crippen molar-refractivity contribution in [2.75, 3.05) is 13.6 Å². The van der Waals surface area contributed by atoms with Crippen LogP contribution in [0.15, 0.2) is 35.5 Å². The molecule has 2 aliphatic rings. The van der Waals surface area contributed by atoms with Gasteiger partial charge in [-0.2, -0.15) is 0 Å². The number of carbonyl (C=O) groups excluding carboxylic acids is 1. The second-order valence-electron chi connectivity index (χ2n) is 3.68. The molecular formula is C13H19NO. The van der Waals surface area contributed by atoms with Gasteiger partial charge in [-0.3, -0.25) is 4.79 Å². The van der Waals surface area contributed by atoms with Gasteiger partial charge in [-0.05, 0) is 11.5 Å². The lowest BCUT2D eigenvalue weighted by Crippen LogP contribution is -2.21. The van der Waals surface area contributed by atoms with Crippen LogP contribution in [0.2, 0.25) is 0 Å². The molecule has 1 aliphatic heterocycles. The first-order valence-corrected chi connectivity index (χ1v) is 5.53. The molecular weight excluding hydrogens is 186 g/mol. The van der Waals surface area contributed by atoms with Crippen LogP contribution in [0.1, 0.15) is 20.8 Å². The van der Waals surface area contributed by atoms with E-state index in [1.54, 1.807) is 4.90 Å². The van der Waals surface area contributed by atoms with Crippen LogP contribution in [-0.4, -0.2) is 24.4 Å². The summed E-state index contributed by atoms with van der Waals surface area (Å²) in [5.41, 5.74) is 2.01. The maximum Gasteiger partial charge on any atom is 0.254 e. The number of allylic oxidation sites excluding steroid dienone is 2. The molecule has 2 nitrogen and oxygen atoms in total. The van der Waals surface area contributed by atoms with Crippen LogP contribution in [0.25, 0.3) is 0 Å². The highest BCUT2D eigenvalue weighted by Gasteiger charge is 2.24. The fraction of sp³-hybridized carbons (Fsp3) is 0.462. The summed E-state index contributed by atoms with van der Waals surface area (Å²) in [6, 6.07) is 0. The molecule has 0 saturated carbocycles. The Balaban J connectivity index is 0.000000531. The lowest BCUT2D eigenvalue weighted by Gasteiger charge is -2.07. The predicted octanol–water partition coefficient (Wildman–Crippen LogP) is 2.54. The van der Waals surface area contributed by atoms with E-state index in [4.69, 9.17) is 0 Å². The number of carbonyl (C=O) groups is 1. The van der Waals surface area contributed by atoms with E-state index in [2.05, 4.69) is 25.2 Å². The number of amides is 1. The van der Waals surface area contributed by atoms with E-state index in [1.807, 2.05) is 27.0 Å². The maximum absolute atomic E-state index is 11.6. The fourth-order valence-electron chi connectivity index (χ4n) is 1.66. The largest absolute Gasteiger partial charge is 0.337 e. The van der Waals surface area contributed by atoms with Gasteiger partial charge in [0.05, 0.1) is 0 Å². The second-order valence-corrected chi connectivity index (χ2v) is 3.68. The maximum atomic E-state index is 11.6. The fourth-order valence-corrected chi connectivity index (χ4v) is 1.66. The van der Waals surface area contributed by atoms with Crippen molar-refractivity contribution in [3.05, 3.63) is 35.5 Å². The van der Waals surface area contributed by atoms with Crippen molar-refractivity contribution in [1.82, 2.24) is 4.90 Å². The van der Waals surface area contributed by atoms with Gasteiger partial charge in [0.1, 0.15) is 0 Å². The third kappa shape index (κ3) is 2.38. The highest BCUT2D eigenvalue weighted by Crippen LogP contribution is 2.23. The molecule has 1 atom stereocenters. The lowest BCUT2D eigenvalue weighted by atomic mass is 10.1. The van der Waals surface area contributed by atoms with Gasteiger partial charge < -0.3 is 4.90 Å². The molecule has 0 fully saturated rings. The molecule has 0 radical (unpaired) electrons. The van der Waals surface area contributed by atoms with Crippen molar-refractivity contribution < 1.29 is 4.79 Å². The first kappa shape index (κ1) is 11.8. The van der Waals surface area contributed by atoms with E-state index >= 15 is 0 Å². The average molecular weight is 205 g/mol. The van der Waals surface area contributed by atoms with Crippen LogP contribution in [0.4, 0.5) is 0 Å². The van der Waals surface area contributed by atoms with Crippen molar-refractivity contribution in [2.45, 2.75) is 20.8 Å². The number of rotatable bonds is 0. The smallest absolute Gasteiger partial charge is 0.254 e. The van der Waals surface area contributed by atoms with Crippen molar-refractivity contribution >= 4 is 5.91 Å². The lowest BCUT2D eigenvalue weighted by molar-refractivity contribution is -0.124. The first-order valence-electron chi connectivity index (χ1n) is 5.53. The third-order valence-electron chi connectivity index (χ3n) is 2.50. The quantitative estimate of drug-likeness (QED) is 0.595. The molecule has 1 heterocycles. The number of hydrogen-bond donors (Lipinski definition) is 0. The standard InChI is InChI=1S/C11H13NO.C2H6/c1-8-3-5-9-7-12(2)11(13)10(9)6-4-8;1-2/h3-6,8H,7H2,1-2H3;1-2H3. The predicted molar refractivity (Wildman–Crippen MR) is 63.5 cm³/mol. The molecule has 0 bridgehead atoms. The number of nitrogens with zero attached hydrogens (tertiary/aromatic N) is 1. The van der Waals surface area contributed by atoms with E-state index < -0.39 is 0 Å². The topological polar surface area (TPSA) is 20.3 Å². The Morgan fingerprint density at radius 1 is 1.27 bits per heavy atom. The molecule has 15 heavy (non-hydrogen) atoms. The highest BCUT2D eigenvalue weighted by atomic mass is 16.2. The third-order valence-corrected chi connectivity index (χ3v) is 2.50. The SMILES string of the molecule is CC.CC1C=CC2=C(C=C1)C(=O)N(C)C2. The summed E-state index contributed by atoms with van der Waals surface area (Å²) < 4.78 is 0. The summed E-state index contributed by atoms with van der Waals surface area (Å²) in [4.78, 5) is 13.3. The van der Waals surface area contributed by atoms with Crippen molar-refractivity contribution in [3.63, 3.8) is 0 Å². The molecule has 0 N–H and O–H groups in total. The molecule has 1 aliphatic carbocycles. The van der Waals surface area contributed by atoms with Gasteiger partial charge in [-0.15, -0.1) is 0 Å². The first-order chi connectivity index (χ1) is 7.18. The van der Waals surface area contributed by atoms with Crippen LogP contribution >= 0.6 is 0 Å².